The molecule has 35 heavy (non-hydrogen) atoms. The van der Waals surface area contributed by atoms with Crippen LogP contribution >= 0.6 is 0 Å². The van der Waals surface area contributed by atoms with Crippen molar-refractivity contribution < 1.29 is 22.8 Å². The number of benzene rings is 1. The van der Waals surface area contributed by atoms with Gasteiger partial charge in [0.15, 0.2) is 5.82 Å². The summed E-state index contributed by atoms with van der Waals surface area (Å²) in [6.07, 6.45) is 2.64. The van der Waals surface area contributed by atoms with Crippen LogP contribution in [0.4, 0.5) is 24.7 Å². The van der Waals surface area contributed by atoms with Gasteiger partial charge in [0.05, 0.1) is 25.1 Å². The number of alkyl halides is 2. The van der Waals surface area contributed by atoms with E-state index in [1.165, 1.54) is 30.4 Å². The third kappa shape index (κ3) is 5.76. The van der Waals surface area contributed by atoms with E-state index in [1.807, 2.05) is 0 Å². The molecule has 0 radical (unpaired) electrons. The van der Waals surface area contributed by atoms with Gasteiger partial charge < -0.3 is 15.5 Å². The number of rotatable bonds is 7. The van der Waals surface area contributed by atoms with Crippen molar-refractivity contribution in [1.82, 2.24) is 15.3 Å². The highest BCUT2D eigenvalue weighted by Crippen LogP contribution is 2.39. The molecule has 4 rings (SSSR count). The Bertz CT molecular complexity index is 1230. The van der Waals surface area contributed by atoms with E-state index in [0.29, 0.717) is 16.8 Å². The summed E-state index contributed by atoms with van der Waals surface area (Å²) >= 11 is 0. The van der Waals surface area contributed by atoms with E-state index in [4.69, 9.17) is 0 Å². The van der Waals surface area contributed by atoms with Crippen LogP contribution in [-0.4, -0.2) is 47.8 Å². The Morgan fingerprint density at radius 3 is 2.49 bits per heavy atom. The highest BCUT2D eigenvalue weighted by molar-refractivity contribution is 6.00. The second-order valence-electron chi connectivity index (χ2n) is 8.30. The number of carbonyl (C=O) groups is 2. The third-order valence-corrected chi connectivity index (χ3v) is 5.70. The molecule has 1 aromatic carbocycles. The lowest BCUT2D eigenvalue weighted by molar-refractivity contribution is -0.120. The number of halogens is 3. The molecule has 0 unspecified atom stereocenters. The molecule has 7 nitrogen and oxygen atoms in total. The maximum Gasteiger partial charge on any atom is 0.266 e. The van der Waals surface area contributed by atoms with Crippen molar-refractivity contribution in [3.63, 3.8) is 0 Å². The van der Waals surface area contributed by atoms with Gasteiger partial charge in [-0.3, -0.25) is 14.6 Å². The number of amides is 2. The van der Waals surface area contributed by atoms with Crippen molar-refractivity contribution in [3.05, 3.63) is 71.9 Å². The number of pyridine rings is 2. The lowest BCUT2D eigenvalue weighted by Gasteiger charge is -2.23. The van der Waals surface area contributed by atoms with E-state index < -0.39 is 24.2 Å². The first-order chi connectivity index (χ1) is 16.8. The topological polar surface area (TPSA) is 87.2 Å². The summed E-state index contributed by atoms with van der Waals surface area (Å²) in [4.78, 5) is 34.3. The van der Waals surface area contributed by atoms with Gasteiger partial charge in [0, 0.05) is 49.2 Å². The Kier molecular flexibility index (Phi) is 6.99. The number of nitrogens with zero attached hydrogens (tertiary/aromatic N) is 3. The fraction of sp³-hybridized carbons (Fsp3) is 0.280. The van der Waals surface area contributed by atoms with Gasteiger partial charge in [-0.1, -0.05) is 24.3 Å². The van der Waals surface area contributed by atoms with Crippen molar-refractivity contribution in [3.8, 4) is 11.1 Å². The lowest BCUT2D eigenvalue weighted by Crippen LogP contribution is -2.27. The molecule has 2 amide bonds. The molecule has 0 bridgehead atoms. The third-order valence-electron chi connectivity index (χ3n) is 5.70. The summed E-state index contributed by atoms with van der Waals surface area (Å²) in [6, 6.07) is 10.9. The average molecular weight is 483 g/mol. The lowest BCUT2D eigenvalue weighted by atomic mass is 10.0. The van der Waals surface area contributed by atoms with Crippen LogP contribution in [0.1, 0.15) is 17.7 Å². The molecule has 10 heteroatoms. The Labute approximate surface area is 200 Å². The van der Waals surface area contributed by atoms with Gasteiger partial charge in [-0.05, 0) is 23.8 Å². The summed E-state index contributed by atoms with van der Waals surface area (Å²) in [5.41, 5.74) is 1.88. The van der Waals surface area contributed by atoms with E-state index in [9.17, 15) is 22.8 Å². The molecular weight excluding hydrogens is 459 g/mol. The van der Waals surface area contributed by atoms with Gasteiger partial charge >= 0.3 is 0 Å². The van der Waals surface area contributed by atoms with Crippen LogP contribution < -0.4 is 15.5 Å². The predicted molar refractivity (Wildman–Crippen MR) is 126 cm³/mol. The number of hydrogen-bond donors (Lipinski definition) is 2. The molecule has 0 aliphatic carbocycles. The number of aromatic nitrogens is 2. The van der Waals surface area contributed by atoms with Gasteiger partial charge in [0.2, 0.25) is 11.8 Å². The van der Waals surface area contributed by atoms with Gasteiger partial charge in [-0.15, -0.1) is 0 Å². The molecule has 1 fully saturated rings. The van der Waals surface area contributed by atoms with Crippen LogP contribution in [0.15, 0.2) is 54.9 Å². The van der Waals surface area contributed by atoms with Crippen LogP contribution in [0.25, 0.3) is 11.1 Å². The molecule has 3 heterocycles. The molecule has 2 aromatic heterocycles. The molecule has 0 saturated carbocycles. The number of anilines is 2. The van der Waals surface area contributed by atoms with Crippen molar-refractivity contribution in [1.29, 1.82) is 0 Å². The van der Waals surface area contributed by atoms with E-state index in [0.717, 1.165) is 0 Å². The average Bonchev–Trinajstić information content (AvgIpc) is 3.20. The largest absolute Gasteiger partial charge is 0.359 e. The number of hydrogen-bond acceptors (Lipinski definition) is 5. The SMILES string of the molecule is CNC(=O)Cc1ccc(CC(=O)Nc2c(-c3ccccc3F)ccnc2N2CCC(F)(F)C2)cn1. The van der Waals surface area contributed by atoms with Crippen LogP contribution in [0.5, 0.6) is 0 Å². The van der Waals surface area contributed by atoms with E-state index in [-0.39, 0.29) is 48.8 Å². The smallest absolute Gasteiger partial charge is 0.266 e. The maximum absolute atomic E-state index is 14.6. The highest BCUT2D eigenvalue weighted by Gasteiger charge is 2.40. The van der Waals surface area contributed by atoms with Crippen LogP contribution in [0.3, 0.4) is 0 Å². The maximum atomic E-state index is 14.6. The highest BCUT2D eigenvalue weighted by atomic mass is 19.3. The van der Waals surface area contributed by atoms with Gasteiger partial charge in [-0.25, -0.2) is 18.2 Å². The quantitative estimate of drug-likeness (QED) is 0.536. The predicted octanol–water partition coefficient (Wildman–Crippen LogP) is 3.60. The molecule has 1 saturated heterocycles. The number of carbonyl (C=O) groups excluding carboxylic acids is 2. The summed E-state index contributed by atoms with van der Waals surface area (Å²) in [5.74, 6) is -3.85. The van der Waals surface area contributed by atoms with E-state index in [2.05, 4.69) is 20.6 Å². The number of likely N-dealkylation sites (N-methyl/N-ethyl adjacent to an activating group) is 1. The molecule has 1 aliphatic heterocycles. The van der Waals surface area contributed by atoms with Gasteiger partial charge in [0.25, 0.3) is 5.92 Å². The fourth-order valence-electron chi connectivity index (χ4n) is 3.92. The summed E-state index contributed by atoms with van der Waals surface area (Å²) in [5, 5.41) is 5.28. The van der Waals surface area contributed by atoms with Crippen molar-refractivity contribution in [2.75, 3.05) is 30.4 Å². The first-order valence-electron chi connectivity index (χ1n) is 11.1. The minimum absolute atomic E-state index is 0.0559. The molecule has 2 N–H and O–H groups in total. The van der Waals surface area contributed by atoms with Crippen LogP contribution in [0, 0.1) is 5.82 Å². The molecule has 0 spiro atoms. The second-order valence-corrected chi connectivity index (χ2v) is 8.30. The van der Waals surface area contributed by atoms with Crippen LogP contribution in [0.2, 0.25) is 0 Å². The minimum Gasteiger partial charge on any atom is -0.359 e. The zero-order chi connectivity index (χ0) is 25.0. The zero-order valence-corrected chi connectivity index (χ0v) is 19.0. The standard InChI is InChI=1S/C25H24F3N5O2/c1-29-21(34)13-17-7-6-16(14-31-17)12-22(35)32-23-19(18-4-2-3-5-20(18)26)8-10-30-24(23)33-11-9-25(27,28)15-33/h2-8,10,14H,9,11-13,15H2,1H3,(H,29,34)(H,32,35). The second kappa shape index (κ2) is 10.1. The Hall–Kier alpha value is -3.95. The van der Waals surface area contributed by atoms with E-state index in [1.54, 1.807) is 36.4 Å². The fourth-order valence-corrected chi connectivity index (χ4v) is 3.92. The summed E-state index contributed by atoms with van der Waals surface area (Å²) in [7, 11) is 1.53. The van der Waals surface area contributed by atoms with Crippen molar-refractivity contribution in [2.24, 2.45) is 0 Å². The first-order valence-corrected chi connectivity index (χ1v) is 11.1. The Morgan fingerprint density at radius 2 is 1.83 bits per heavy atom. The van der Waals surface area contributed by atoms with Crippen molar-refractivity contribution >= 4 is 23.3 Å². The molecule has 3 aromatic rings. The van der Waals surface area contributed by atoms with Crippen molar-refractivity contribution in [2.45, 2.75) is 25.2 Å². The normalized spacial score (nSPS) is 14.6. The first kappa shape index (κ1) is 24.2. The van der Waals surface area contributed by atoms with E-state index >= 15 is 0 Å². The molecular formula is C25H24F3N5O2. The molecule has 182 valence electrons. The minimum atomic E-state index is -2.88. The van der Waals surface area contributed by atoms with Gasteiger partial charge in [0.1, 0.15) is 5.82 Å². The Balaban J connectivity index is 1.61. The molecule has 1 aliphatic rings. The summed E-state index contributed by atoms with van der Waals surface area (Å²) in [6.45, 7) is -0.485. The summed E-state index contributed by atoms with van der Waals surface area (Å²) < 4.78 is 42.5. The zero-order valence-electron chi connectivity index (χ0n) is 19.0. The Morgan fingerprint density at radius 1 is 1.03 bits per heavy atom. The van der Waals surface area contributed by atoms with Crippen LogP contribution in [-0.2, 0) is 22.4 Å². The van der Waals surface area contributed by atoms with Gasteiger partial charge in [-0.2, -0.15) is 0 Å². The molecule has 0 atom stereocenters. The monoisotopic (exact) mass is 483 g/mol. The number of nitrogens with one attached hydrogen (secondary N) is 2.